The number of benzene rings is 8. The van der Waals surface area contributed by atoms with E-state index in [2.05, 4.69) is 14.2 Å². The molecule has 0 saturated carbocycles. The number of unbranched alkanes of at least 4 members (excludes halogenated alkanes) is 3. The van der Waals surface area contributed by atoms with E-state index in [1.165, 1.54) is 197 Å². The molecule has 0 radical (unpaired) electrons. The van der Waals surface area contributed by atoms with Crippen molar-refractivity contribution in [1.82, 2.24) is 0 Å². The first-order valence-electron chi connectivity index (χ1n) is 36.2. The van der Waals surface area contributed by atoms with Crippen molar-refractivity contribution < 1.29 is 86.9 Å². The van der Waals surface area contributed by atoms with Gasteiger partial charge in [0.2, 0.25) is 0 Å². The number of rotatable bonds is 29. The third-order valence-corrected chi connectivity index (χ3v) is 30.0. The summed E-state index contributed by atoms with van der Waals surface area (Å²) in [6.07, 6.45) is 4.36. The molecule has 0 amide bonds. The normalized spacial score (nSPS) is 11.3. The van der Waals surface area contributed by atoms with Crippen molar-refractivity contribution in [1.29, 1.82) is 0 Å². The summed E-state index contributed by atoms with van der Waals surface area (Å²) in [6.45, 7) is 15.8. The van der Waals surface area contributed by atoms with Gasteiger partial charge in [-0.15, -0.1) is 45.3 Å². The molecule has 0 spiro atoms. The Kier molecular flexibility index (Phi) is 35.5. The summed E-state index contributed by atoms with van der Waals surface area (Å²) in [5.74, 6) is -2.93. The average Bonchev–Trinajstić information content (AvgIpc) is 1.65. The number of nitrogens with one attached hydrogen (secondary N) is 1. The van der Waals surface area contributed by atoms with Gasteiger partial charge in [0, 0.05) is 71.1 Å². The number of carboxylic acids is 1. The fraction of sp³-hybridized carbons (Fsp3) is 0.284. The first-order chi connectivity index (χ1) is 54.5. The van der Waals surface area contributed by atoms with Crippen molar-refractivity contribution in [3.63, 3.8) is 0 Å². The molecule has 12 aromatic rings. The molecule has 3 N–H and O–H groups in total. The fourth-order valence-corrected chi connectivity index (χ4v) is 23.8. The van der Waals surface area contributed by atoms with Crippen molar-refractivity contribution in [2.45, 2.75) is 156 Å². The number of hydrogen-bond acceptors (Lipinski definition) is 22. The van der Waals surface area contributed by atoms with Crippen molar-refractivity contribution in [2.75, 3.05) is 51.5 Å². The summed E-state index contributed by atoms with van der Waals surface area (Å²) in [7, 11) is -13.2. The topological polar surface area (TPSA) is 337 Å². The second kappa shape index (κ2) is 42.5. The van der Waals surface area contributed by atoms with E-state index in [4.69, 9.17) is 5.11 Å². The summed E-state index contributed by atoms with van der Waals surface area (Å²) < 4.78 is 126. The summed E-state index contributed by atoms with van der Waals surface area (Å²) in [5.41, 5.74) is 1.55. The minimum absolute atomic E-state index is 0. The van der Waals surface area contributed by atoms with Gasteiger partial charge in [0.25, 0.3) is 40.1 Å². The average molecular weight is 1780 g/mol. The number of fused-ring (bicyclic) bond motifs is 4. The number of esters is 2. The van der Waals surface area contributed by atoms with Gasteiger partial charge in [0.15, 0.2) is 23.1 Å². The lowest BCUT2D eigenvalue weighted by Crippen LogP contribution is -2.33. The quantitative estimate of drug-likeness (QED) is 0.0289. The standard InChI is InChI=1S/C23H27NO4S2.C22H23NO5S2.C21H21NO5S2.C18H15NO5S2.4CH4/c1-5-6-15-24(30(27,28)18-13-11-17(12-14-18)16(2)25)22-21(23(3,4)26)19-9-7-8-10-20(19)29-22;1-4-5-14-23(21-20(15(2)24)18-8-6-7-9-19(18)29-21)30(26,27)17-12-10-16(11-13-17)22(25)28-3;1-3-4-13-22(29(26,27)16-11-9-15(10-12-16)21(24)25)20-19(14(2)23)17-7-5-6-8-18(17)28-20;1-11(20)16-14-5-3-4-6-15(14)25-17(16)19-26(22,23)13-9-7-12(8-10-13)18(21)24-2;;;;/h7-14,26H,5-6,15H2,1-4H3;6-13H,4-5,14H2,1-3H3;5-12H,3-4,13H2,1-2H3,(H,24,25);3-10,19H,1-2H3;4*1H4. The molecular weight excluding hydrogens is 1670 g/mol. The maximum atomic E-state index is 13.6. The molecule has 31 heteroatoms. The van der Waals surface area contributed by atoms with Crippen LogP contribution in [0.15, 0.2) is 214 Å². The number of hydrogen-bond donors (Lipinski definition) is 3. The highest BCUT2D eigenvalue weighted by Crippen LogP contribution is 2.47. The Labute approximate surface area is 714 Å². The third-order valence-electron chi connectivity index (χ3n) is 18.0. The predicted octanol–water partition coefficient (Wildman–Crippen LogP) is 21.2. The number of methoxy groups -OCH3 is 2. The van der Waals surface area contributed by atoms with Crippen LogP contribution in [0.25, 0.3) is 40.3 Å². The number of carboxylic acid groups (broad SMARTS) is 1. The van der Waals surface area contributed by atoms with Gasteiger partial charge < -0.3 is 19.7 Å². The maximum Gasteiger partial charge on any atom is 0.337 e. The lowest BCUT2D eigenvalue weighted by molar-refractivity contribution is 0.0592. The van der Waals surface area contributed by atoms with Crippen LogP contribution in [-0.2, 0) is 55.2 Å². The monoisotopic (exact) mass is 1770 g/mol. The molecule has 0 saturated heterocycles. The van der Waals surface area contributed by atoms with Gasteiger partial charge >= 0.3 is 17.9 Å². The molecule has 0 aliphatic carbocycles. The zero-order chi connectivity index (χ0) is 84.1. The zero-order valence-corrected chi connectivity index (χ0v) is 71.3. The molecule has 12 rings (SSSR count). The number of carbonyl (C=O) groups is 7. The van der Waals surface area contributed by atoms with Gasteiger partial charge in [0.05, 0.1) is 72.8 Å². The van der Waals surface area contributed by atoms with Gasteiger partial charge in [-0.05, 0) is 170 Å². The largest absolute Gasteiger partial charge is 0.478 e. The molecule has 0 aliphatic rings. The fourth-order valence-electron chi connectivity index (χ4n) is 12.2. The molecule has 4 aromatic heterocycles. The molecule has 0 aliphatic heterocycles. The van der Waals surface area contributed by atoms with E-state index in [9.17, 15) is 72.3 Å². The number of aromatic carboxylic acids is 1. The molecule has 0 unspecified atom stereocenters. The second-order valence-corrected chi connectivity index (χ2v) is 38.1. The number of carbonyl (C=O) groups excluding carboxylic acids is 6. The summed E-state index contributed by atoms with van der Waals surface area (Å²) in [4.78, 5) is 82.9. The van der Waals surface area contributed by atoms with E-state index < -0.39 is 63.6 Å². The molecular formula is C88H102N4O19S8. The third kappa shape index (κ3) is 22.6. The van der Waals surface area contributed by atoms with Crippen molar-refractivity contribution in [3.8, 4) is 0 Å². The first kappa shape index (κ1) is 99.2. The number of nitrogens with zero attached hydrogens (tertiary/aromatic N) is 3. The number of sulfonamides is 4. The molecule has 23 nitrogen and oxygen atoms in total. The second-order valence-electron chi connectivity index (χ2n) is 26.7. The molecule has 0 bridgehead atoms. The van der Waals surface area contributed by atoms with E-state index >= 15 is 0 Å². The zero-order valence-electron chi connectivity index (χ0n) is 64.8. The lowest BCUT2D eigenvalue weighted by Gasteiger charge is -2.28. The van der Waals surface area contributed by atoms with E-state index in [1.54, 1.807) is 26.0 Å². The van der Waals surface area contributed by atoms with E-state index in [0.717, 1.165) is 54.2 Å². The predicted molar refractivity (Wildman–Crippen MR) is 484 cm³/mol. The molecule has 4 heterocycles. The Morgan fingerprint density at radius 3 is 0.983 bits per heavy atom. The van der Waals surface area contributed by atoms with Crippen LogP contribution in [0.2, 0.25) is 0 Å². The Bertz CT molecular complexity index is 6090. The number of anilines is 4. The van der Waals surface area contributed by atoms with Crippen molar-refractivity contribution in [3.05, 3.63) is 239 Å². The van der Waals surface area contributed by atoms with Crippen LogP contribution in [0.3, 0.4) is 0 Å². The van der Waals surface area contributed by atoms with Crippen molar-refractivity contribution >= 4 is 187 Å². The summed E-state index contributed by atoms with van der Waals surface area (Å²) >= 11 is 5.14. The minimum atomic E-state index is -3.97. The lowest BCUT2D eigenvalue weighted by atomic mass is 9.97. The number of Topliss-reactive ketones (excluding diaryl/α,β-unsaturated/α-hetero) is 4. The Hall–Kier alpha value is -10.4. The van der Waals surface area contributed by atoms with Gasteiger partial charge in [0.1, 0.15) is 20.0 Å². The first-order valence-corrected chi connectivity index (χ1v) is 45.3. The highest BCUT2D eigenvalue weighted by molar-refractivity contribution is 7.94. The van der Waals surface area contributed by atoms with E-state index in [-0.39, 0.29) is 107 Å². The molecule has 8 aromatic carbocycles. The Morgan fingerprint density at radius 1 is 0.378 bits per heavy atom. The summed E-state index contributed by atoms with van der Waals surface area (Å²) in [6, 6.07) is 51.8. The van der Waals surface area contributed by atoms with E-state index in [1.807, 2.05) is 106 Å². The van der Waals surface area contributed by atoms with Gasteiger partial charge in [-0.2, -0.15) is 0 Å². The van der Waals surface area contributed by atoms with Crippen LogP contribution < -0.4 is 17.6 Å². The van der Waals surface area contributed by atoms with Crippen LogP contribution in [-0.4, -0.2) is 119 Å². The van der Waals surface area contributed by atoms with Crippen molar-refractivity contribution in [2.24, 2.45) is 0 Å². The highest BCUT2D eigenvalue weighted by Gasteiger charge is 2.36. The van der Waals surface area contributed by atoms with Crippen LogP contribution in [0.4, 0.5) is 20.0 Å². The minimum Gasteiger partial charge on any atom is -0.478 e. The van der Waals surface area contributed by atoms with Crippen LogP contribution in [0.5, 0.6) is 0 Å². The van der Waals surface area contributed by atoms with Crippen LogP contribution in [0.1, 0.15) is 209 Å². The highest BCUT2D eigenvalue weighted by atomic mass is 32.2. The Balaban J connectivity index is 0.000000280. The number of thiophene rings is 4. The maximum absolute atomic E-state index is 13.6. The Morgan fingerprint density at radius 2 is 0.664 bits per heavy atom. The summed E-state index contributed by atoms with van der Waals surface area (Å²) in [5, 5.41) is 24.7. The van der Waals surface area contributed by atoms with Crippen LogP contribution >= 0.6 is 45.3 Å². The molecule has 119 heavy (non-hydrogen) atoms. The molecule has 636 valence electrons. The number of ether oxygens (including phenoxy) is 2. The number of aliphatic hydroxyl groups is 1. The van der Waals surface area contributed by atoms with Gasteiger partial charge in [-0.1, -0.05) is 155 Å². The van der Waals surface area contributed by atoms with Gasteiger partial charge in [-0.25, -0.2) is 48.1 Å². The molecule has 0 atom stereocenters. The van der Waals surface area contributed by atoms with Crippen LogP contribution in [0, 0.1) is 0 Å². The van der Waals surface area contributed by atoms with E-state index in [0.29, 0.717) is 74.0 Å². The smallest absolute Gasteiger partial charge is 0.337 e. The number of ketones is 4. The molecule has 0 fully saturated rings. The van der Waals surface area contributed by atoms with Gasteiger partial charge in [-0.3, -0.25) is 36.8 Å². The SMILES string of the molecule is C.C.C.C.CCCCN(c1sc2ccccc2c1C(C)(C)O)S(=O)(=O)c1ccc(C(C)=O)cc1.CCCCN(c1sc2ccccc2c1C(C)=O)S(=O)(=O)c1ccc(C(=O)O)cc1.CCCCN(c1sc2ccccc2c1C(C)=O)S(=O)(=O)c1ccc(C(=O)OC)cc1.COC(=O)c1ccc(S(=O)(=O)Nc2sc3ccccc3c2C(C)=O)cc1.